The van der Waals surface area contributed by atoms with E-state index < -0.39 is 6.10 Å². The van der Waals surface area contributed by atoms with Crippen LogP contribution in [0.3, 0.4) is 0 Å². The van der Waals surface area contributed by atoms with Crippen LogP contribution in [0, 0.1) is 18.3 Å². The van der Waals surface area contributed by atoms with Crippen molar-refractivity contribution in [3.63, 3.8) is 0 Å². The molecule has 6 rings (SSSR count). The number of aryl methyl sites for hydroxylation is 1. The Morgan fingerprint density at radius 1 is 1.14 bits per heavy atom. The van der Waals surface area contributed by atoms with E-state index >= 15 is 0 Å². The molecule has 0 spiro atoms. The van der Waals surface area contributed by atoms with Gasteiger partial charge in [-0.3, -0.25) is 0 Å². The number of aromatic nitrogens is 5. The minimum Gasteiger partial charge on any atom is -0.489 e. The van der Waals surface area contributed by atoms with Crippen LogP contribution in [-0.4, -0.2) is 59.6 Å². The Balaban J connectivity index is 1.28. The minimum absolute atomic E-state index is 0.236. The third kappa shape index (κ3) is 4.23. The van der Waals surface area contributed by atoms with Crippen molar-refractivity contribution < 1.29 is 9.84 Å². The molecular formula is C27H29N7O2. The zero-order valence-electron chi connectivity index (χ0n) is 20.5. The maximum atomic E-state index is 10.3. The quantitative estimate of drug-likeness (QED) is 0.444. The Hall–Kier alpha value is -3.74. The van der Waals surface area contributed by atoms with Gasteiger partial charge in [0.25, 0.3) is 0 Å². The largest absolute Gasteiger partial charge is 0.489 e. The van der Waals surface area contributed by atoms with Crippen LogP contribution in [-0.2, 0) is 0 Å². The van der Waals surface area contributed by atoms with E-state index in [1.807, 2.05) is 41.9 Å². The van der Waals surface area contributed by atoms with E-state index in [0.29, 0.717) is 22.8 Å². The number of likely N-dealkylation sites (tertiary alicyclic amines) is 1. The van der Waals surface area contributed by atoms with Gasteiger partial charge < -0.3 is 14.7 Å². The normalized spacial score (nSPS) is 17.8. The van der Waals surface area contributed by atoms with Gasteiger partial charge in [0.2, 0.25) is 0 Å². The molecule has 1 atom stereocenters. The smallest absolute Gasteiger partial charge is 0.163 e. The SMILES string of the molecule is Cc1cc(C#N)nn1-c1nc(-c2cnn3cc(OC4CCN(C5CC5)CC4)ccc23)ccc1[C@H](C)O. The first-order chi connectivity index (χ1) is 17.5. The van der Waals surface area contributed by atoms with Gasteiger partial charge in [-0.1, -0.05) is 6.07 Å². The lowest BCUT2D eigenvalue weighted by Crippen LogP contribution is -2.39. The number of fused-ring (bicyclic) bond motifs is 1. The van der Waals surface area contributed by atoms with Gasteiger partial charge in [-0.15, -0.1) is 0 Å². The zero-order valence-corrected chi connectivity index (χ0v) is 20.5. The van der Waals surface area contributed by atoms with E-state index in [1.54, 1.807) is 23.9 Å². The second-order valence-corrected chi connectivity index (χ2v) is 9.82. The van der Waals surface area contributed by atoms with Crippen molar-refractivity contribution in [1.29, 1.82) is 5.26 Å². The molecule has 9 heteroatoms. The average Bonchev–Trinajstić information content (AvgIpc) is 3.54. The van der Waals surface area contributed by atoms with Crippen molar-refractivity contribution >= 4 is 5.52 Å². The number of pyridine rings is 2. The highest BCUT2D eigenvalue weighted by atomic mass is 16.5. The molecular weight excluding hydrogens is 454 g/mol. The first kappa shape index (κ1) is 22.7. The van der Waals surface area contributed by atoms with E-state index in [9.17, 15) is 10.4 Å². The Morgan fingerprint density at radius 2 is 1.94 bits per heavy atom. The molecule has 2 fully saturated rings. The molecule has 36 heavy (non-hydrogen) atoms. The second-order valence-electron chi connectivity index (χ2n) is 9.82. The molecule has 0 aromatic carbocycles. The summed E-state index contributed by atoms with van der Waals surface area (Å²) in [5, 5.41) is 28.5. The van der Waals surface area contributed by atoms with Crippen molar-refractivity contribution in [2.45, 2.75) is 57.8 Å². The summed E-state index contributed by atoms with van der Waals surface area (Å²) >= 11 is 0. The highest BCUT2D eigenvalue weighted by Crippen LogP contribution is 2.32. The Labute approximate surface area is 209 Å². The summed E-state index contributed by atoms with van der Waals surface area (Å²) in [4.78, 5) is 7.45. The molecule has 1 aliphatic carbocycles. The van der Waals surface area contributed by atoms with Crippen molar-refractivity contribution in [3.05, 3.63) is 59.7 Å². The standard InChI is InChI=1S/C27H29N7O2/c1-17-13-19(14-28)31-34(17)27-23(18(2)35)6-7-25(30-27)24-15-29-33-16-22(5-8-26(24)33)36-21-9-11-32(12-10-21)20-3-4-20/h5-8,13,15-16,18,20-21,35H,3-4,9-12H2,1-2H3/t18-/m0/s1. The lowest BCUT2D eigenvalue weighted by atomic mass is 10.1. The van der Waals surface area contributed by atoms with Crippen molar-refractivity contribution in [2.24, 2.45) is 0 Å². The molecule has 1 saturated heterocycles. The molecule has 2 aliphatic rings. The molecule has 1 N–H and O–H groups in total. The average molecular weight is 484 g/mol. The van der Waals surface area contributed by atoms with Crippen LogP contribution in [0.1, 0.15) is 55.7 Å². The molecule has 0 bridgehead atoms. The van der Waals surface area contributed by atoms with Crippen LogP contribution in [0.5, 0.6) is 5.75 Å². The van der Waals surface area contributed by atoms with Crippen LogP contribution in [0.25, 0.3) is 22.6 Å². The molecule has 9 nitrogen and oxygen atoms in total. The predicted molar refractivity (Wildman–Crippen MR) is 134 cm³/mol. The van der Waals surface area contributed by atoms with Gasteiger partial charge in [0.05, 0.1) is 29.7 Å². The van der Waals surface area contributed by atoms with Crippen molar-refractivity contribution in [1.82, 2.24) is 29.3 Å². The number of nitriles is 1. The summed E-state index contributed by atoms with van der Waals surface area (Å²) in [7, 11) is 0. The summed E-state index contributed by atoms with van der Waals surface area (Å²) < 4.78 is 9.73. The maximum absolute atomic E-state index is 10.3. The first-order valence-corrected chi connectivity index (χ1v) is 12.5. The molecule has 184 valence electrons. The molecule has 1 aliphatic heterocycles. The van der Waals surface area contributed by atoms with Gasteiger partial charge in [0.15, 0.2) is 11.5 Å². The molecule has 5 heterocycles. The van der Waals surface area contributed by atoms with E-state index in [2.05, 4.69) is 21.2 Å². The van der Waals surface area contributed by atoms with Crippen molar-refractivity contribution in [3.8, 4) is 28.9 Å². The number of piperidine rings is 1. The van der Waals surface area contributed by atoms with E-state index in [-0.39, 0.29) is 6.10 Å². The molecule has 0 unspecified atom stereocenters. The summed E-state index contributed by atoms with van der Waals surface area (Å²) in [6, 6.07) is 12.3. The Kier molecular flexibility index (Phi) is 5.70. The highest BCUT2D eigenvalue weighted by Gasteiger charge is 2.32. The number of aliphatic hydroxyl groups excluding tert-OH is 1. The minimum atomic E-state index is -0.740. The van der Waals surface area contributed by atoms with E-state index in [4.69, 9.17) is 9.72 Å². The van der Waals surface area contributed by atoms with E-state index in [0.717, 1.165) is 54.5 Å². The lowest BCUT2D eigenvalue weighted by Gasteiger charge is -2.32. The lowest BCUT2D eigenvalue weighted by molar-refractivity contribution is 0.0961. The number of hydrogen-bond donors (Lipinski definition) is 1. The van der Waals surface area contributed by atoms with Gasteiger partial charge in [-0.05, 0) is 63.8 Å². The molecule has 4 aromatic heterocycles. The summed E-state index contributed by atoms with van der Waals surface area (Å²) in [6.45, 7) is 5.79. The first-order valence-electron chi connectivity index (χ1n) is 12.5. The van der Waals surface area contributed by atoms with Crippen LogP contribution in [0.2, 0.25) is 0 Å². The predicted octanol–water partition coefficient (Wildman–Crippen LogP) is 3.82. The molecule has 4 aromatic rings. The number of rotatable bonds is 6. The van der Waals surface area contributed by atoms with Crippen LogP contribution >= 0.6 is 0 Å². The third-order valence-electron chi connectivity index (χ3n) is 7.17. The number of aliphatic hydroxyl groups is 1. The van der Waals surface area contributed by atoms with Crippen molar-refractivity contribution in [2.75, 3.05) is 13.1 Å². The Morgan fingerprint density at radius 3 is 2.64 bits per heavy atom. The van der Waals surface area contributed by atoms with Gasteiger partial charge in [0.1, 0.15) is 17.9 Å². The fraction of sp³-hybridized carbons (Fsp3) is 0.407. The number of nitrogens with zero attached hydrogens (tertiary/aromatic N) is 7. The molecule has 1 saturated carbocycles. The van der Waals surface area contributed by atoms with Gasteiger partial charge in [-0.2, -0.15) is 15.5 Å². The van der Waals surface area contributed by atoms with Crippen LogP contribution in [0.15, 0.2) is 42.7 Å². The summed E-state index contributed by atoms with van der Waals surface area (Å²) in [6.07, 6.45) is 8.03. The zero-order chi connectivity index (χ0) is 24.8. The van der Waals surface area contributed by atoms with Gasteiger partial charge in [0, 0.05) is 36.0 Å². The monoisotopic (exact) mass is 483 g/mol. The second kappa shape index (κ2) is 9.04. The highest BCUT2D eigenvalue weighted by molar-refractivity contribution is 5.78. The third-order valence-corrected chi connectivity index (χ3v) is 7.17. The number of ether oxygens (including phenoxy) is 1. The van der Waals surface area contributed by atoms with Gasteiger partial charge >= 0.3 is 0 Å². The maximum Gasteiger partial charge on any atom is 0.163 e. The molecule has 0 radical (unpaired) electrons. The Bertz CT molecular complexity index is 1450. The molecule has 0 amide bonds. The van der Waals surface area contributed by atoms with Gasteiger partial charge in [-0.25, -0.2) is 14.2 Å². The van der Waals surface area contributed by atoms with E-state index in [1.165, 1.54) is 12.8 Å². The van der Waals surface area contributed by atoms with Crippen LogP contribution < -0.4 is 4.74 Å². The topological polar surface area (TPSA) is 104 Å². The number of hydrogen-bond acceptors (Lipinski definition) is 7. The fourth-order valence-corrected chi connectivity index (χ4v) is 5.07. The summed E-state index contributed by atoms with van der Waals surface area (Å²) in [5.74, 6) is 1.31. The van der Waals surface area contributed by atoms with Crippen LogP contribution in [0.4, 0.5) is 0 Å². The summed E-state index contributed by atoms with van der Waals surface area (Å²) in [5.41, 5.74) is 4.18. The fourth-order valence-electron chi connectivity index (χ4n) is 5.07.